The zero-order chi connectivity index (χ0) is 18.3. The molecular formula is C21H25NO4. The minimum absolute atomic E-state index is 0.00866. The molecule has 138 valence electrons. The number of nitrogens with zero attached hydrogens (tertiary/aromatic N) is 1. The highest BCUT2D eigenvalue weighted by Gasteiger charge is 2.67. The van der Waals surface area contributed by atoms with E-state index < -0.39 is 17.4 Å². The first-order chi connectivity index (χ1) is 12.6. The van der Waals surface area contributed by atoms with Crippen LogP contribution in [0.25, 0.3) is 0 Å². The third-order valence-electron chi connectivity index (χ3n) is 5.89. The van der Waals surface area contributed by atoms with Crippen LogP contribution < -0.4 is 0 Å². The molecule has 4 rings (SSSR count). The lowest BCUT2D eigenvalue weighted by atomic mass is 9.77. The molecule has 0 N–H and O–H groups in total. The van der Waals surface area contributed by atoms with E-state index in [4.69, 9.17) is 9.47 Å². The summed E-state index contributed by atoms with van der Waals surface area (Å²) >= 11 is 0. The Kier molecular flexibility index (Phi) is 4.35. The van der Waals surface area contributed by atoms with Gasteiger partial charge in [-0.25, -0.2) is 0 Å². The van der Waals surface area contributed by atoms with Crippen molar-refractivity contribution in [2.24, 2.45) is 11.8 Å². The Balaban J connectivity index is 1.56. The molecule has 5 atom stereocenters. The van der Waals surface area contributed by atoms with Crippen LogP contribution in [0.3, 0.4) is 0 Å². The van der Waals surface area contributed by atoms with E-state index >= 15 is 0 Å². The van der Waals surface area contributed by atoms with Crippen molar-refractivity contribution >= 4 is 11.9 Å². The number of fused-ring (bicyclic) bond motifs is 1. The third-order valence-corrected chi connectivity index (χ3v) is 5.89. The van der Waals surface area contributed by atoms with Crippen molar-refractivity contribution in [3.05, 3.63) is 48.0 Å². The number of benzene rings is 1. The number of rotatable bonds is 6. The number of likely N-dealkylation sites (tertiary alicyclic amines) is 1. The number of carbonyl (C=O) groups is 2. The zero-order valence-corrected chi connectivity index (χ0v) is 15.3. The molecule has 5 nitrogen and oxygen atoms in total. The molecule has 0 aromatic heterocycles. The molecule has 3 aliphatic heterocycles. The molecule has 5 unspecified atom stereocenters. The van der Waals surface area contributed by atoms with Crippen molar-refractivity contribution in [3.8, 4) is 0 Å². The van der Waals surface area contributed by atoms with Gasteiger partial charge in [0.2, 0.25) is 5.91 Å². The Morgan fingerprint density at radius 3 is 2.88 bits per heavy atom. The van der Waals surface area contributed by atoms with E-state index in [9.17, 15) is 9.59 Å². The minimum Gasteiger partial charge on any atom is -0.465 e. The molecule has 0 aliphatic carbocycles. The maximum absolute atomic E-state index is 13.2. The van der Waals surface area contributed by atoms with Gasteiger partial charge in [-0.15, -0.1) is 0 Å². The molecule has 3 aliphatic rings. The van der Waals surface area contributed by atoms with Gasteiger partial charge in [0, 0.05) is 0 Å². The fourth-order valence-electron chi connectivity index (χ4n) is 4.45. The number of esters is 1. The second-order valence-corrected chi connectivity index (χ2v) is 7.47. The number of unbranched alkanes of at least 4 members (excludes halogenated alkanes) is 1. The van der Waals surface area contributed by atoms with Crippen LogP contribution in [0.2, 0.25) is 0 Å². The first-order valence-electron chi connectivity index (χ1n) is 9.46. The second-order valence-electron chi connectivity index (χ2n) is 7.47. The van der Waals surface area contributed by atoms with Gasteiger partial charge in [-0.1, -0.05) is 55.8 Å². The quantitative estimate of drug-likeness (QED) is 0.447. The van der Waals surface area contributed by atoms with Crippen molar-refractivity contribution in [2.75, 3.05) is 13.2 Å². The average Bonchev–Trinajstić information content (AvgIpc) is 3.30. The standard InChI is InChI=1S/C21H25NO4/c1-3-4-12-25-20(24)17-16-10-11-21(26-16)13-22(19(23)18(17)21)14(2)15-8-6-5-7-9-15/h5-11,14,16-18H,3-4,12-13H2,1-2H3. The van der Waals surface area contributed by atoms with Crippen LogP contribution >= 0.6 is 0 Å². The van der Waals surface area contributed by atoms with Gasteiger partial charge in [-0.05, 0) is 18.9 Å². The van der Waals surface area contributed by atoms with Crippen LogP contribution in [-0.4, -0.2) is 41.6 Å². The van der Waals surface area contributed by atoms with Crippen LogP contribution in [0, 0.1) is 11.8 Å². The molecule has 1 aromatic rings. The normalized spacial score (nSPS) is 32.8. The number of carbonyl (C=O) groups excluding carboxylic acids is 2. The lowest BCUT2D eigenvalue weighted by Crippen LogP contribution is -2.40. The highest BCUT2D eigenvalue weighted by atomic mass is 16.6. The third kappa shape index (κ3) is 2.57. The summed E-state index contributed by atoms with van der Waals surface area (Å²) in [7, 11) is 0. The minimum atomic E-state index is -0.681. The molecule has 3 heterocycles. The predicted molar refractivity (Wildman–Crippen MR) is 96.2 cm³/mol. The molecule has 5 heteroatoms. The van der Waals surface area contributed by atoms with Gasteiger partial charge < -0.3 is 14.4 Å². The van der Waals surface area contributed by atoms with Gasteiger partial charge in [0.25, 0.3) is 0 Å². The molecule has 0 radical (unpaired) electrons. The predicted octanol–water partition coefficient (Wildman–Crippen LogP) is 2.87. The van der Waals surface area contributed by atoms with Crippen LogP contribution in [0.4, 0.5) is 0 Å². The van der Waals surface area contributed by atoms with E-state index in [0.29, 0.717) is 13.2 Å². The first-order valence-corrected chi connectivity index (χ1v) is 9.46. The van der Waals surface area contributed by atoms with Gasteiger partial charge in [-0.2, -0.15) is 0 Å². The fraction of sp³-hybridized carbons (Fsp3) is 0.524. The molecule has 1 aromatic carbocycles. The second kappa shape index (κ2) is 6.54. The SMILES string of the molecule is CCCCOC(=O)C1C2C=CC3(CN(C(C)c4ccccc4)C(=O)C13)O2. The monoisotopic (exact) mass is 355 g/mol. The summed E-state index contributed by atoms with van der Waals surface area (Å²) in [5.41, 5.74) is 0.400. The van der Waals surface area contributed by atoms with E-state index in [-0.39, 0.29) is 24.0 Å². The van der Waals surface area contributed by atoms with Gasteiger partial charge in [0.15, 0.2) is 0 Å². The summed E-state index contributed by atoms with van der Waals surface area (Å²) in [4.78, 5) is 27.7. The van der Waals surface area contributed by atoms with Crippen molar-refractivity contribution < 1.29 is 19.1 Å². The summed E-state index contributed by atoms with van der Waals surface area (Å²) < 4.78 is 11.6. The molecular weight excluding hydrogens is 330 g/mol. The van der Waals surface area contributed by atoms with Crippen LogP contribution in [0.5, 0.6) is 0 Å². The Bertz CT molecular complexity index is 731. The zero-order valence-electron chi connectivity index (χ0n) is 15.3. The number of hydrogen-bond donors (Lipinski definition) is 0. The van der Waals surface area contributed by atoms with Crippen LogP contribution in [0.1, 0.15) is 38.3 Å². The summed E-state index contributed by atoms with van der Waals surface area (Å²) in [5, 5.41) is 0. The number of hydrogen-bond acceptors (Lipinski definition) is 4. The molecule has 1 amide bonds. The molecule has 26 heavy (non-hydrogen) atoms. The van der Waals surface area contributed by atoms with Gasteiger partial charge in [0.1, 0.15) is 11.5 Å². The fourth-order valence-corrected chi connectivity index (χ4v) is 4.45. The first kappa shape index (κ1) is 17.3. The number of amides is 1. The lowest BCUT2D eigenvalue weighted by molar-refractivity contribution is -0.154. The lowest BCUT2D eigenvalue weighted by Gasteiger charge is -2.27. The van der Waals surface area contributed by atoms with Gasteiger partial charge >= 0.3 is 5.97 Å². The Labute approximate surface area is 154 Å². The Morgan fingerprint density at radius 1 is 1.38 bits per heavy atom. The van der Waals surface area contributed by atoms with Gasteiger partial charge in [-0.3, -0.25) is 9.59 Å². The maximum atomic E-state index is 13.2. The molecule has 0 saturated carbocycles. The summed E-state index contributed by atoms with van der Waals surface area (Å²) in [5.74, 6) is -1.32. The topological polar surface area (TPSA) is 55.8 Å². The molecule has 2 saturated heterocycles. The van der Waals surface area contributed by atoms with Crippen LogP contribution in [-0.2, 0) is 19.1 Å². The largest absolute Gasteiger partial charge is 0.465 e. The average molecular weight is 355 g/mol. The van der Waals surface area contributed by atoms with Crippen molar-refractivity contribution in [1.82, 2.24) is 4.90 Å². The van der Waals surface area contributed by atoms with Crippen molar-refractivity contribution in [3.63, 3.8) is 0 Å². The molecule has 2 bridgehead atoms. The van der Waals surface area contributed by atoms with E-state index in [0.717, 1.165) is 18.4 Å². The molecule has 1 spiro atoms. The number of ether oxygens (including phenoxy) is 2. The highest BCUT2D eigenvalue weighted by Crippen LogP contribution is 2.53. The van der Waals surface area contributed by atoms with Crippen molar-refractivity contribution in [2.45, 2.75) is 44.4 Å². The van der Waals surface area contributed by atoms with Crippen LogP contribution in [0.15, 0.2) is 42.5 Å². The summed E-state index contributed by atoms with van der Waals surface area (Å²) in [6, 6.07) is 9.90. The van der Waals surface area contributed by atoms with E-state index in [1.807, 2.05) is 54.3 Å². The highest BCUT2D eigenvalue weighted by molar-refractivity contribution is 5.91. The summed E-state index contributed by atoms with van der Waals surface area (Å²) in [6.45, 7) is 4.96. The maximum Gasteiger partial charge on any atom is 0.312 e. The molecule has 2 fully saturated rings. The van der Waals surface area contributed by atoms with Crippen molar-refractivity contribution in [1.29, 1.82) is 0 Å². The Hall–Kier alpha value is -2.14. The van der Waals surface area contributed by atoms with E-state index in [1.165, 1.54) is 0 Å². The van der Waals surface area contributed by atoms with E-state index in [2.05, 4.69) is 6.92 Å². The van der Waals surface area contributed by atoms with Gasteiger partial charge in [0.05, 0.1) is 31.2 Å². The van der Waals surface area contributed by atoms with E-state index in [1.54, 1.807) is 0 Å². The summed E-state index contributed by atoms with van der Waals surface area (Å²) in [6.07, 6.45) is 5.36. The smallest absolute Gasteiger partial charge is 0.312 e. The Morgan fingerprint density at radius 2 is 2.15 bits per heavy atom.